The molecule has 1 N–H and O–H groups in total. The second kappa shape index (κ2) is 1.56. The van der Waals surface area contributed by atoms with E-state index in [2.05, 4.69) is 12.2 Å². The second-order valence-corrected chi connectivity index (χ2v) is 4.02. The third kappa shape index (κ3) is 0.565. The maximum absolute atomic E-state index is 5.51. The molecule has 0 aliphatic carbocycles. The highest BCUT2D eigenvalue weighted by molar-refractivity contribution is 5.12. The summed E-state index contributed by atoms with van der Waals surface area (Å²) in [6.07, 6.45) is 3.87. The lowest BCUT2D eigenvalue weighted by molar-refractivity contribution is 0.178. The first-order valence-electron chi connectivity index (χ1n) is 4.26. The van der Waals surface area contributed by atoms with Gasteiger partial charge in [-0.25, -0.2) is 0 Å². The molecule has 0 spiro atoms. The van der Waals surface area contributed by atoms with Gasteiger partial charge in [0.25, 0.3) is 0 Å². The number of ether oxygens (including phenoxy) is 1. The first-order valence-corrected chi connectivity index (χ1v) is 4.26. The molecule has 0 amide bonds. The summed E-state index contributed by atoms with van der Waals surface area (Å²) in [6, 6.07) is 1.41. The Morgan fingerprint density at radius 2 is 1.80 bits per heavy atom. The van der Waals surface area contributed by atoms with Crippen LogP contribution in [0.5, 0.6) is 0 Å². The van der Waals surface area contributed by atoms with Gasteiger partial charge in [0.2, 0.25) is 0 Å². The molecule has 2 heteroatoms. The van der Waals surface area contributed by atoms with Crippen LogP contribution in [0.2, 0.25) is 0 Å². The molecule has 4 atom stereocenters. The number of fused-ring (bicyclic) bond motifs is 5. The molecule has 3 heterocycles. The van der Waals surface area contributed by atoms with Gasteiger partial charge in [-0.05, 0) is 18.8 Å². The average Bonchev–Trinajstić information content (AvgIpc) is 2.59. The van der Waals surface area contributed by atoms with Gasteiger partial charge in [0.05, 0.1) is 0 Å². The van der Waals surface area contributed by atoms with E-state index in [0.29, 0.717) is 24.3 Å². The Morgan fingerprint density at radius 1 is 1.20 bits per heavy atom. The fourth-order valence-electron chi connectivity index (χ4n) is 2.62. The van der Waals surface area contributed by atoms with Gasteiger partial charge in [-0.3, -0.25) is 0 Å². The third-order valence-electron chi connectivity index (χ3n) is 3.10. The Balaban J connectivity index is 1.87. The molecule has 10 heavy (non-hydrogen) atoms. The summed E-state index contributed by atoms with van der Waals surface area (Å²) in [5.41, 5.74) is 0. The summed E-state index contributed by atoms with van der Waals surface area (Å²) < 4.78 is 5.51. The van der Waals surface area contributed by atoms with E-state index in [1.807, 2.05) is 0 Å². The molecule has 0 aromatic heterocycles. The van der Waals surface area contributed by atoms with Crippen molar-refractivity contribution in [3.8, 4) is 0 Å². The zero-order valence-corrected chi connectivity index (χ0v) is 6.21. The Hall–Kier alpha value is -0.0800. The van der Waals surface area contributed by atoms with Gasteiger partial charge < -0.3 is 10.1 Å². The Bertz CT molecular complexity index is 155. The molecule has 56 valence electrons. The number of hydrogen-bond acceptors (Lipinski definition) is 2. The predicted octanol–water partition coefficient (Wildman–Crippen LogP) is 0.524. The summed E-state index contributed by atoms with van der Waals surface area (Å²) in [4.78, 5) is 0. The first-order chi connectivity index (χ1) is 4.84. The molecule has 2 bridgehead atoms. The summed E-state index contributed by atoms with van der Waals surface area (Å²) in [7, 11) is 0. The fraction of sp³-hybridized carbons (Fsp3) is 1.00. The van der Waals surface area contributed by atoms with Crippen LogP contribution in [-0.4, -0.2) is 24.3 Å². The number of hydrogen-bond donors (Lipinski definition) is 1. The first kappa shape index (κ1) is 5.56. The van der Waals surface area contributed by atoms with E-state index < -0.39 is 0 Å². The molecule has 0 radical (unpaired) electrons. The summed E-state index contributed by atoms with van der Waals surface area (Å²) >= 11 is 0. The van der Waals surface area contributed by atoms with Crippen LogP contribution >= 0.6 is 0 Å². The van der Waals surface area contributed by atoms with E-state index >= 15 is 0 Å². The van der Waals surface area contributed by atoms with E-state index in [-0.39, 0.29) is 0 Å². The van der Waals surface area contributed by atoms with Crippen molar-refractivity contribution in [1.82, 2.24) is 5.32 Å². The topological polar surface area (TPSA) is 24.6 Å². The highest BCUT2D eigenvalue weighted by atomic mass is 16.6. The van der Waals surface area contributed by atoms with Crippen LogP contribution in [0.3, 0.4) is 0 Å². The van der Waals surface area contributed by atoms with Gasteiger partial charge in [-0.1, -0.05) is 6.92 Å². The zero-order chi connectivity index (χ0) is 6.72. The molecule has 3 rings (SSSR count). The van der Waals surface area contributed by atoms with Crippen molar-refractivity contribution in [3.05, 3.63) is 0 Å². The Morgan fingerprint density at radius 3 is 2.40 bits per heavy atom. The Kier molecular flexibility index (Phi) is 0.868. The van der Waals surface area contributed by atoms with Gasteiger partial charge in [0.1, 0.15) is 12.2 Å². The normalized spacial score (nSPS) is 63.9. The number of rotatable bonds is 0. The molecule has 3 aliphatic heterocycles. The van der Waals surface area contributed by atoms with Gasteiger partial charge >= 0.3 is 0 Å². The lowest BCUT2D eigenvalue weighted by Gasteiger charge is -2.28. The van der Waals surface area contributed by atoms with Crippen LogP contribution in [0, 0.1) is 5.92 Å². The van der Waals surface area contributed by atoms with Crippen molar-refractivity contribution in [1.29, 1.82) is 0 Å². The number of nitrogens with one attached hydrogen (secondary N) is 1. The van der Waals surface area contributed by atoms with Gasteiger partial charge in [-0.15, -0.1) is 0 Å². The van der Waals surface area contributed by atoms with Crippen molar-refractivity contribution < 1.29 is 4.74 Å². The number of piperidine rings is 1. The van der Waals surface area contributed by atoms with E-state index in [4.69, 9.17) is 4.74 Å². The van der Waals surface area contributed by atoms with Gasteiger partial charge in [-0.2, -0.15) is 0 Å². The maximum atomic E-state index is 5.51. The number of morpholine rings is 1. The smallest absolute Gasteiger partial charge is 0.101 e. The molecule has 0 aromatic carbocycles. The fourth-order valence-corrected chi connectivity index (χ4v) is 2.62. The molecule has 0 saturated carbocycles. The van der Waals surface area contributed by atoms with Crippen LogP contribution in [-0.2, 0) is 4.74 Å². The lowest BCUT2D eigenvalue weighted by atomic mass is 9.94. The highest BCUT2D eigenvalue weighted by Crippen LogP contribution is 2.43. The summed E-state index contributed by atoms with van der Waals surface area (Å²) in [6.45, 7) is 2.35. The zero-order valence-electron chi connectivity index (χ0n) is 6.21. The molecule has 0 aromatic rings. The second-order valence-electron chi connectivity index (χ2n) is 4.02. The van der Waals surface area contributed by atoms with Crippen LogP contribution in [0.4, 0.5) is 0 Å². The van der Waals surface area contributed by atoms with Crippen LogP contribution < -0.4 is 5.32 Å². The molecule has 3 saturated heterocycles. The lowest BCUT2D eigenvalue weighted by Crippen LogP contribution is -2.42. The predicted molar refractivity (Wildman–Crippen MR) is 37.8 cm³/mol. The average molecular weight is 139 g/mol. The van der Waals surface area contributed by atoms with E-state index in [9.17, 15) is 0 Å². The molecular formula is C8H13NO. The standard InChI is InChI=1S/C8H13NO/c1-4-2-5-7-8(10-7)6(3-4)9-5/h4-9H,2-3H2,1H3. The maximum Gasteiger partial charge on any atom is 0.101 e. The largest absolute Gasteiger partial charge is 0.366 e. The van der Waals surface area contributed by atoms with Gasteiger partial charge in [0.15, 0.2) is 0 Å². The summed E-state index contributed by atoms with van der Waals surface area (Å²) in [5, 5.41) is 3.60. The van der Waals surface area contributed by atoms with Crippen LogP contribution in [0.1, 0.15) is 19.8 Å². The van der Waals surface area contributed by atoms with Crippen molar-refractivity contribution in [2.24, 2.45) is 5.92 Å². The molecule has 2 nitrogen and oxygen atoms in total. The molecule has 3 fully saturated rings. The van der Waals surface area contributed by atoms with Crippen molar-refractivity contribution >= 4 is 0 Å². The number of epoxide rings is 1. The monoisotopic (exact) mass is 139 g/mol. The van der Waals surface area contributed by atoms with E-state index in [1.165, 1.54) is 12.8 Å². The van der Waals surface area contributed by atoms with Gasteiger partial charge in [0, 0.05) is 12.1 Å². The SMILES string of the molecule is CC1CC2NC(C1)C1OC21. The molecular weight excluding hydrogens is 126 g/mol. The van der Waals surface area contributed by atoms with E-state index in [1.54, 1.807) is 0 Å². The van der Waals surface area contributed by atoms with Crippen molar-refractivity contribution in [3.63, 3.8) is 0 Å². The minimum Gasteiger partial charge on any atom is -0.366 e. The quantitative estimate of drug-likeness (QED) is 0.495. The minimum atomic E-state index is 0.606. The van der Waals surface area contributed by atoms with Crippen molar-refractivity contribution in [2.75, 3.05) is 0 Å². The third-order valence-corrected chi connectivity index (χ3v) is 3.10. The highest BCUT2D eigenvalue weighted by Gasteiger charge is 2.58. The summed E-state index contributed by atoms with van der Waals surface area (Å²) in [5.74, 6) is 0.924. The molecule has 4 unspecified atom stereocenters. The minimum absolute atomic E-state index is 0.606. The van der Waals surface area contributed by atoms with Crippen molar-refractivity contribution in [2.45, 2.75) is 44.1 Å². The Labute approximate surface area is 60.9 Å². The molecule has 3 aliphatic rings. The van der Waals surface area contributed by atoms with E-state index in [0.717, 1.165) is 5.92 Å². The van der Waals surface area contributed by atoms with Crippen LogP contribution in [0.15, 0.2) is 0 Å². The van der Waals surface area contributed by atoms with Crippen LogP contribution in [0.25, 0.3) is 0 Å².